The molecule has 0 aliphatic carbocycles. The van der Waals surface area contributed by atoms with E-state index < -0.39 is 11.6 Å². The van der Waals surface area contributed by atoms with Crippen LogP contribution in [0.4, 0.5) is 11.4 Å². The van der Waals surface area contributed by atoms with Crippen LogP contribution < -0.4 is 5.32 Å². The number of hydrogen-bond donors (Lipinski definition) is 1. The Morgan fingerprint density at radius 3 is 2.74 bits per heavy atom. The number of nitriles is 1. The second-order valence-electron chi connectivity index (χ2n) is 5.37. The second kappa shape index (κ2) is 5.98. The zero-order valence-electron chi connectivity index (χ0n) is 12.9. The highest BCUT2D eigenvalue weighted by Gasteiger charge is 2.35. The van der Waals surface area contributed by atoms with Gasteiger partial charge < -0.3 is 10.1 Å². The van der Waals surface area contributed by atoms with E-state index in [1.165, 1.54) is 0 Å². The van der Waals surface area contributed by atoms with E-state index in [0.29, 0.717) is 5.56 Å². The monoisotopic (exact) mass is 324 g/mol. The molecule has 5 heteroatoms. The second-order valence-corrected chi connectivity index (χ2v) is 6.46. The summed E-state index contributed by atoms with van der Waals surface area (Å²) in [6.07, 6.45) is 0.233. The number of benzene rings is 2. The van der Waals surface area contributed by atoms with Gasteiger partial charge in [0.2, 0.25) is 5.60 Å². The standard InChI is InChI=1S/C18H16N2O2S/c1-3-16(21)22-18(2,11-19)12-7-6-10-15-17(12)20-13-8-4-5-9-14(13)23-15/h4-10,20H,3H2,1-2H3. The summed E-state index contributed by atoms with van der Waals surface area (Å²) in [5.74, 6) is -0.393. The molecule has 1 unspecified atom stereocenters. The van der Waals surface area contributed by atoms with Crippen LogP contribution in [0.25, 0.3) is 0 Å². The minimum Gasteiger partial charge on any atom is -0.439 e. The first kappa shape index (κ1) is 15.4. The van der Waals surface area contributed by atoms with Crippen LogP contribution in [0, 0.1) is 11.3 Å². The number of rotatable bonds is 3. The SMILES string of the molecule is CCC(=O)OC(C)(C#N)c1cccc2c1Nc1ccccc1S2. The summed E-state index contributed by atoms with van der Waals surface area (Å²) >= 11 is 1.64. The van der Waals surface area contributed by atoms with Crippen LogP contribution in [0.1, 0.15) is 25.8 Å². The van der Waals surface area contributed by atoms with E-state index in [1.54, 1.807) is 25.6 Å². The van der Waals surface area contributed by atoms with Crippen molar-refractivity contribution in [1.29, 1.82) is 5.26 Å². The lowest BCUT2D eigenvalue weighted by molar-refractivity contribution is -0.153. The minimum atomic E-state index is -1.32. The molecule has 1 aliphatic rings. The van der Waals surface area contributed by atoms with E-state index in [-0.39, 0.29) is 6.42 Å². The number of ether oxygens (including phenoxy) is 1. The van der Waals surface area contributed by atoms with Crippen LogP contribution >= 0.6 is 11.8 Å². The molecule has 116 valence electrons. The van der Waals surface area contributed by atoms with Crippen molar-refractivity contribution in [3.05, 3.63) is 48.0 Å². The van der Waals surface area contributed by atoms with Crippen LogP contribution in [-0.2, 0) is 15.1 Å². The molecule has 1 aliphatic heterocycles. The first-order valence-corrected chi connectivity index (χ1v) is 8.19. The fourth-order valence-corrected chi connectivity index (χ4v) is 3.51. The average molecular weight is 324 g/mol. The Kier molecular flexibility index (Phi) is 4.01. The highest BCUT2D eigenvalue weighted by Crippen LogP contribution is 2.47. The number of esters is 1. The van der Waals surface area contributed by atoms with Gasteiger partial charge in [0.25, 0.3) is 0 Å². The van der Waals surface area contributed by atoms with Crippen LogP contribution in [0.5, 0.6) is 0 Å². The molecular formula is C18H16N2O2S. The third kappa shape index (κ3) is 2.78. The first-order valence-electron chi connectivity index (χ1n) is 7.38. The maximum atomic E-state index is 11.7. The summed E-state index contributed by atoms with van der Waals surface area (Å²) < 4.78 is 5.43. The van der Waals surface area contributed by atoms with Gasteiger partial charge >= 0.3 is 5.97 Å². The Hall–Kier alpha value is -2.45. The summed E-state index contributed by atoms with van der Waals surface area (Å²) in [4.78, 5) is 13.9. The molecule has 0 radical (unpaired) electrons. The topological polar surface area (TPSA) is 62.1 Å². The molecule has 1 heterocycles. The zero-order chi connectivity index (χ0) is 16.4. The van der Waals surface area contributed by atoms with Gasteiger partial charge in [-0.1, -0.05) is 43.0 Å². The predicted octanol–water partition coefficient (Wildman–Crippen LogP) is 4.59. The first-order chi connectivity index (χ1) is 11.1. The molecule has 1 N–H and O–H groups in total. The van der Waals surface area contributed by atoms with Crippen molar-refractivity contribution in [1.82, 2.24) is 0 Å². The number of nitrogens with zero attached hydrogens (tertiary/aromatic N) is 1. The van der Waals surface area contributed by atoms with E-state index in [4.69, 9.17) is 4.74 Å². The molecule has 4 nitrogen and oxygen atoms in total. The Morgan fingerprint density at radius 1 is 1.26 bits per heavy atom. The smallest absolute Gasteiger partial charge is 0.307 e. The Bertz CT molecular complexity index is 813. The number of para-hydroxylation sites is 2. The Balaban J connectivity index is 2.07. The highest BCUT2D eigenvalue weighted by atomic mass is 32.2. The van der Waals surface area contributed by atoms with Crippen molar-refractivity contribution >= 4 is 29.1 Å². The zero-order valence-corrected chi connectivity index (χ0v) is 13.7. The molecule has 0 aromatic heterocycles. The number of hydrogen-bond acceptors (Lipinski definition) is 5. The van der Waals surface area contributed by atoms with Crippen LogP contribution in [-0.4, -0.2) is 5.97 Å². The molecule has 0 fully saturated rings. The maximum Gasteiger partial charge on any atom is 0.307 e. The van der Waals surface area contributed by atoms with E-state index in [9.17, 15) is 10.1 Å². The number of carbonyl (C=O) groups is 1. The number of carbonyl (C=O) groups excluding carboxylic acids is 1. The van der Waals surface area contributed by atoms with Crippen LogP contribution in [0.3, 0.4) is 0 Å². The van der Waals surface area contributed by atoms with Gasteiger partial charge in [-0.25, -0.2) is 0 Å². The van der Waals surface area contributed by atoms with Crippen molar-refractivity contribution in [2.75, 3.05) is 5.32 Å². The molecular weight excluding hydrogens is 308 g/mol. The van der Waals surface area contributed by atoms with Gasteiger partial charge in [0, 0.05) is 21.8 Å². The molecule has 0 saturated heterocycles. The molecule has 1 atom stereocenters. The van der Waals surface area contributed by atoms with Gasteiger partial charge in [-0.05, 0) is 25.1 Å². The fraction of sp³-hybridized carbons (Fsp3) is 0.222. The van der Waals surface area contributed by atoms with Gasteiger partial charge in [-0.3, -0.25) is 4.79 Å². The summed E-state index contributed by atoms with van der Waals surface area (Å²) in [6, 6.07) is 15.8. The van der Waals surface area contributed by atoms with Crippen LogP contribution in [0.2, 0.25) is 0 Å². The van der Waals surface area contributed by atoms with E-state index in [1.807, 2.05) is 42.5 Å². The lowest BCUT2D eigenvalue weighted by Gasteiger charge is -2.29. The van der Waals surface area contributed by atoms with Gasteiger partial charge in [0.05, 0.1) is 11.4 Å². The normalized spacial score (nSPS) is 14.5. The molecule has 0 amide bonds. The minimum absolute atomic E-state index is 0.233. The summed E-state index contributed by atoms with van der Waals surface area (Å²) in [6.45, 7) is 3.34. The molecule has 2 aromatic carbocycles. The van der Waals surface area contributed by atoms with Gasteiger partial charge in [0.1, 0.15) is 6.07 Å². The lowest BCUT2D eigenvalue weighted by Crippen LogP contribution is -2.28. The van der Waals surface area contributed by atoms with Crippen molar-refractivity contribution in [3.63, 3.8) is 0 Å². The van der Waals surface area contributed by atoms with Crippen LogP contribution in [0.15, 0.2) is 52.3 Å². The Morgan fingerprint density at radius 2 is 2.00 bits per heavy atom. The maximum absolute atomic E-state index is 11.7. The van der Waals surface area contributed by atoms with E-state index in [2.05, 4.69) is 11.4 Å². The molecule has 2 aromatic rings. The highest BCUT2D eigenvalue weighted by molar-refractivity contribution is 7.99. The van der Waals surface area contributed by atoms with Gasteiger partial charge in [0.15, 0.2) is 0 Å². The lowest BCUT2D eigenvalue weighted by atomic mass is 9.95. The third-order valence-electron chi connectivity index (χ3n) is 3.73. The number of anilines is 2. The van der Waals surface area contributed by atoms with Crippen molar-refractivity contribution in [2.45, 2.75) is 35.7 Å². The third-order valence-corrected chi connectivity index (χ3v) is 4.86. The summed E-state index contributed by atoms with van der Waals surface area (Å²) in [5, 5.41) is 13.0. The van der Waals surface area contributed by atoms with Crippen molar-refractivity contribution < 1.29 is 9.53 Å². The van der Waals surface area contributed by atoms with E-state index >= 15 is 0 Å². The summed E-state index contributed by atoms with van der Waals surface area (Å²) in [7, 11) is 0. The largest absolute Gasteiger partial charge is 0.439 e. The molecule has 23 heavy (non-hydrogen) atoms. The molecule has 0 spiro atoms. The van der Waals surface area contributed by atoms with E-state index in [0.717, 1.165) is 21.2 Å². The molecule has 0 saturated carbocycles. The average Bonchev–Trinajstić information content (AvgIpc) is 2.59. The van der Waals surface area contributed by atoms with Crippen molar-refractivity contribution in [3.8, 4) is 6.07 Å². The number of nitrogens with one attached hydrogen (secondary N) is 1. The molecule has 0 bridgehead atoms. The molecule has 3 rings (SSSR count). The predicted molar refractivity (Wildman–Crippen MR) is 89.6 cm³/mol. The number of fused-ring (bicyclic) bond motifs is 2. The fourth-order valence-electron chi connectivity index (χ4n) is 2.49. The van der Waals surface area contributed by atoms with Gasteiger partial charge in [-0.15, -0.1) is 0 Å². The summed E-state index contributed by atoms with van der Waals surface area (Å²) in [5.41, 5.74) is 1.16. The van der Waals surface area contributed by atoms with Crippen molar-refractivity contribution in [2.24, 2.45) is 0 Å². The van der Waals surface area contributed by atoms with Gasteiger partial charge in [-0.2, -0.15) is 5.26 Å². The quantitative estimate of drug-likeness (QED) is 0.714. The Labute approximate surface area is 139 Å².